The van der Waals surface area contributed by atoms with Gasteiger partial charge in [-0.3, -0.25) is 0 Å². The van der Waals surface area contributed by atoms with Crippen molar-refractivity contribution in [3.8, 4) is 0 Å². The van der Waals surface area contributed by atoms with E-state index in [0.29, 0.717) is 0 Å². The zero-order valence-electron chi connectivity index (χ0n) is 9.18. The second-order valence-electron chi connectivity index (χ2n) is 4.09. The molecular weight excluding hydrogens is 160 g/mol. The Labute approximate surface area is 82.7 Å². The first-order valence-corrected chi connectivity index (χ1v) is 5.82. The molecule has 1 heterocycles. The molecule has 2 heteroatoms. The fraction of sp³-hybridized carbons (Fsp3) is 1.00. The number of piperazine rings is 1. The largest absolute Gasteiger partial charge is 0.311 e. The summed E-state index contributed by atoms with van der Waals surface area (Å²) in [6.45, 7) is 9.53. The van der Waals surface area contributed by atoms with Crippen LogP contribution in [0.25, 0.3) is 0 Å². The number of nitrogens with one attached hydrogen (secondary N) is 1. The standard InChI is InChI=1S/C11H24N2/c1-3-5-6-11-10-13(8-4-2)9-7-12-11/h11-12H,3-10H2,1-2H3. The zero-order chi connectivity index (χ0) is 9.52. The van der Waals surface area contributed by atoms with Crippen LogP contribution >= 0.6 is 0 Å². The second kappa shape index (κ2) is 6.39. The summed E-state index contributed by atoms with van der Waals surface area (Å²) in [5, 5.41) is 3.60. The Kier molecular flexibility index (Phi) is 5.40. The number of rotatable bonds is 5. The Bertz CT molecular complexity index is 123. The molecule has 0 aromatic rings. The Balaban J connectivity index is 2.16. The van der Waals surface area contributed by atoms with E-state index in [1.807, 2.05) is 0 Å². The van der Waals surface area contributed by atoms with Gasteiger partial charge in [0, 0.05) is 25.7 Å². The molecule has 1 fully saturated rings. The minimum Gasteiger partial charge on any atom is -0.311 e. The summed E-state index contributed by atoms with van der Waals surface area (Å²) in [7, 11) is 0. The van der Waals surface area contributed by atoms with E-state index in [9.17, 15) is 0 Å². The van der Waals surface area contributed by atoms with Crippen LogP contribution in [0.3, 0.4) is 0 Å². The van der Waals surface area contributed by atoms with Gasteiger partial charge in [-0.05, 0) is 19.4 Å². The van der Waals surface area contributed by atoms with Crippen LogP contribution in [0.1, 0.15) is 39.5 Å². The van der Waals surface area contributed by atoms with Gasteiger partial charge in [-0.25, -0.2) is 0 Å². The van der Waals surface area contributed by atoms with Gasteiger partial charge in [0.05, 0.1) is 0 Å². The predicted molar refractivity (Wildman–Crippen MR) is 58.0 cm³/mol. The van der Waals surface area contributed by atoms with Gasteiger partial charge in [-0.1, -0.05) is 26.7 Å². The highest BCUT2D eigenvalue weighted by atomic mass is 15.2. The van der Waals surface area contributed by atoms with Crippen LogP contribution in [-0.2, 0) is 0 Å². The molecule has 0 radical (unpaired) electrons. The van der Waals surface area contributed by atoms with Crippen LogP contribution in [0.5, 0.6) is 0 Å². The number of unbranched alkanes of at least 4 members (excludes halogenated alkanes) is 1. The fourth-order valence-corrected chi connectivity index (χ4v) is 2.06. The van der Waals surface area contributed by atoms with Crippen molar-refractivity contribution in [2.75, 3.05) is 26.2 Å². The summed E-state index contributed by atoms with van der Waals surface area (Å²) in [4.78, 5) is 2.59. The molecule has 1 N–H and O–H groups in total. The van der Waals surface area contributed by atoms with Crippen molar-refractivity contribution in [1.82, 2.24) is 10.2 Å². The van der Waals surface area contributed by atoms with Crippen LogP contribution < -0.4 is 5.32 Å². The van der Waals surface area contributed by atoms with Gasteiger partial charge in [-0.2, -0.15) is 0 Å². The smallest absolute Gasteiger partial charge is 0.0195 e. The van der Waals surface area contributed by atoms with Crippen molar-refractivity contribution >= 4 is 0 Å². The summed E-state index contributed by atoms with van der Waals surface area (Å²) < 4.78 is 0. The lowest BCUT2D eigenvalue weighted by Crippen LogP contribution is -2.50. The lowest BCUT2D eigenvalue weighted by molar-refractivity contribution is 0.193. The molecular formula is C11H24N2. The molecule has 0 aromatic heterocycles. The van der Waals surface area contributed by atoms with Gasteiger partial charge in [0.25, 0.3) is 0 Å². The molecule has 0 aliphatic carbocycles. The van der Waals surface area contributed by atoms with E-state index in [0.717, 1.165) is 6.04 Å². The Morgan fingerprint density at radius 3 is 2.85 bits per heavy atom. The van der Waals surface area contributed by atoms with Crippen molar-refractivity contribution in [2.24, 2.45) is 0 Å². The molecule has 1 aliphatic rings. The molecule has 1 rings (SSSR count). The van der Waals surface area contributed by atoms with Gasteiger partial charge in [0.2, 0.25) is 0 Å². The molecule has 0 aromatic carbocycles. The van der Waals surface area contributed by atoms with Gasteiger partial charge < -0.3 is 10.2 Å². The predicted octanol–water partition coefficient (Wildman–Crippen LogP) is 1.86. The van der Waals surface area contributed by atoms with Gasteiger partial charge in [-0.15, -0.1) is 0 Å². The Hall–Kier alpha value is -0.0800. The maximum Gasteiger partial charge on any atom is 0.0195 e. The topological polar surface area (TPSA) is 15.3 Å². The SMILES string of the molecule is CCCCC1CN(CCC)CCN1. The van der Waals surface area contributed by atoms with Gasteiger partial charge in [0.15, 0.2) is 0 Å². The van der Waals surface area contributed by atoms with Crippen LogP contribution in [0, 0.1) is 0 Å². The Morgan fingerprint density at radius 1 is 1.31 bits per heavy atom. The van der Waals surface area contributed by atoms with Crippen molar-refractivity contribution in [2.45, 2.75) is 45.6 Å². The van der Waals surface area contributed by atoms with E-state index in [1.165, 1.54) is 51.9 Å². The molecule has 1 aliphatic heterocycles. The third kappa shape index (κ3) is 4.10. The van der Waals surface area contributed by atoms with Crippen molar-refractivity contribution < 1.29 is 0 Å². The highest BCUT2D eigenvalue weighted by molar-refractivity contribution is 4.77. The van der Waals surface area contributed by atoms with Crippen LogP contribution in [-0.4, -0.2) is 37.1 Å². The zero-order valence-corrected chi connectivity index (χ0v) is 9.18. The molecule has 78 valence electrons. The minimum absolute atomic E-state index is 0.764. The maximum atomic E-state index is 3.60. The normalized spacial score (nSPS) is 24.9. The summed E-state index contributed by atoms with van der Waals surface area (Å²) >= 11 is 0. The molecule has 1 atom stereocenters. The van der Waals surface area contributed by atoms with Crippen LogP contribution in [0.4, 0.5) is 0 Å². The van der Waals surface area contributed by atoms with Crippen molar-refractivity contribution in [3.05, 3.63) is 0 Å². The van der Waals surface area contributed by atoms with Crippen LogP contribution in [0.15, 0.2) is 0 Å². The van der Waals surface area contributed by atoms with E-state index < -0.39 is 0 Å². The molecule has 0 saturated carbocycles. The first-order chi connectivity index (χ1) is 6.36. The summed E-state index contributed by atoms with van der Waals surface area (Å²) in [6, 6.07) is 0.764. The fourth-order valence-electron chi connectivity index (χ4n) is 2.06. The lowest BCUT2D eigenvalue weighted by atomic mass is 10.1. The number of hydrogen-bond acceptors (Lipinski definition) is 2. The van der Waals surface area contributed by atoms with E-state index in [1.54, 1.807) is 0 Å². The van der Waals surface area contributed by atoms with E-state index >= 15 is 0 Å². The number of nitrogens with zero attached hydrogens (tertiary/aromatic N) is 1. The monoisotopic (exact) mass is 184 g/mol. The van der Waals surface area contributed by atoms with E-state index in [2.05, 4.69) is 24.1 Å². The molecule has 13 heavy (non-hydrogen) atoms. The molecule has 2 nitrogen and oxygen atoms in total. The van der Waals surface area contributed by atoms with Crippen molar-refractivity contribution in [1.29, 1.82) is 0 Å². The van der Waals surface area contributed by atoms with E-state index in [-0.39, 0.29) is 0 Å². The average molecular weight is 184 g/mol. The summed E-state index contributed by atoms with van der Waals surface area (Å²) in [5.41, 5.74) is 0. The van der Waals surface area contributed by atoms with Gasteiger partial charge in [0.1, 0.15) is 0 Å². The third-order valence-corrected chi connectivity index (χ3v) is 2.79. The van der Waals surface area contributed by atoms with Crippen LogP contribution in [0.2, 0.25) is 0 Å². The highest BCUT2D eigenvalue weighted by Crippen LogP contribution is 2.06. The van der Waals surface area contributed by atoms with E-state index in [4.69, 9.17) is 0 Å². The highest BCUT2D eigenvalue weighted by Gasteiger charge is 2.17. The third-order valence-electron chi connectivity index (χ3n) is 2.79. The second-order valence-corrected chi connectivity index (χ2v) is 4.09. The molecule has 0 amide bonds. The summed E-state index contributed by atoms with van der Waals surface area (Å²) in [5.74, 6) is 0. The quantitative estimate of drug-likeness (QED) is 0.701. The first-order valence-electron chi connectivity index (χ1n) is 5.82. The minimum atomic E-state index is 0.764. The number of hydrogen-bond donors (Lipinski definition) is 1. The first kappa shape index (κ1) is 11.0. The lowest BCUT2D eigenvalue weighted by Gasteiger charge is -2.33. The summed E-state index contributed by atoms with van der Waals surface area (Å²) in [6.07, 6.45) is 5.35. The van der Waals surface area contributed by atoms with Gasteiger partial charge >= 0.3 is 0 Å². The molecule has 1 unspecified atom stereocenters. The van der Waals surface area contributed by atoms with Crippen molar-refractivity contribution in [3.63, 3.8) is 0 Å². The maximum absolute atomic E-state index is 3.60. The molecule has 0 bridgehead atoms. The average Bonchev–Trinajstić information content (AvgIpc) is 2.16. The molecule has 1 saturated heterocycles. The molecule has 0 spiro atoms. The Morgan fingerprint density at radius 2 is 2.15 bits per heavy atom.